The lowest BCUT2D eigenvalue weighted by Crippen LogP contribution is -2.40. The molecule has 0 radical (unpaired) electrons. The van der Waals surface area contributed by atoms with Crippen molar-refractivity contribution in [3.63, 3.8) is 0 Å². The number of likely N-dealkylation sites (N-methyl/N-ethyl adjacent to an activating group) is 1. The monoisotopic (exact) mass is 215 g/mol. The van der Waals surface area contributed by atoms with Gasteiger partial charge in [-0.05, 0) is 0 Å². The van der Waals surface area contributed by atoms with Crippen LogP contribution >= 0.6 is 0 Å². The van der Waals surface area contributed by atoms with Gasteiger partial charge in [0.2, 0.25) is 0 Å². The molecular weight excluding hydrogens is 204 g/mol. The molecule has 0 aromatic heterocycles. The summed E-state index contributed by atoms with van der Waals surface area (Å²) in [5.41, 5.74) is 4.90. The molecule has 0 fully saturated rings. The summed E-state index contributed by atoms with van der Waals surface area (Å²) >= 11 is 0. The Morgan fingerprint density at radius 1 is 1.62 bits per heavy atom. The molecule has 3 N–H and O–H groups in total. The van der Waals surface area contributed by atoms with E-state index in [9.17, 15) is 17.2 Å². The lowest BCUT2D eigenvalue weighted by Gasteiger charge is -2.18. The second kappa shape index (κ2) is 4.47. The van der Waals surface area contributed by atoms with E-state index < -0.39 is 28.2 Å². The number of halogens is 2. The topological polar surface area (TPSA) is 87.2 Å². The molecule has 0 aromatic carbocycles. The minimum absolute atomic E-state index is 0.133. The Bertz CT molecular complexity index is 278. The third-order valence-electron chi connectivity index (χ3n) is 1.28. The van der Waals surface area contributed by atoms with Gasteiger partial charge in [0.05, 0.1) is 6.54 Å². The molecule has 0 rings (SSSR count). The maximum atomic E-state index is 12.0. The molecule has 0 unspecified atom stereocenters. The van der Waals surface area contributed by atoms with E-state index in [0.29, 0.717) is 4.31 Å². The van der Waals surface area contributed by atoms with Crippen LogP contribution in [0.4, 0.5) is 8.78 Å². The van der Waals surface area contributed by atoms with Crippen LogP contribution in [0.5, 0.6) is 0 Å². The number of alkyl halides is 2. The van der Waals surface area contributed by atoms with Crippen LogP contribution in [0.2, 0.25) is 0 Å². The van der Waals surface area contributed by atoms with E-state index in [0.717, 1.165) is 0 Å². The molecule has 0 aliphatic carbocycles. The van der Waals surface area contributed by atoms with Crippen LogP contribution < -0.4 is 5.73 Å². The van der Waals surface area contributed by atoms with E-state index in [1.165, 1.54) is 6.92 Å². The zero-order valence-corrected chi connectivity index (χ0v) is 7.81. The van der Waals surface area contributed by atoms with Gasteiger partial charge < -0.3 is 5.73 Å². The Kier molecular flexibility index (Phi) is 4.21. The summed E-state index contributed by atoms with van der Waals surface area (Å²) in [6.45, 7) is 0.762. The molecule has 0 atom stereocenters. The van der Waals surface area contributed by atoms with Gasteiger partial charge in [-0.15, -0.1) is 0 Å². The van der Waals surface area contributed by atoms with Crippen LogP contribution in [0, 0.1) is 5.41 Å². The predicted molar refractivity (Wildman–Crippen MR) is 44.1 cm³/mol. The van der Waals surface area contributed by atoms with Crippen molar-refractivity contribution < 1.29 is 17.2 Å². The van der Waals surface area contributed by atoms with Crippen molar-refractivity contribution in [3.05, 3.63) is 0 Å². The minimum atomic E-state index is -4.60. The van der Waals surface area contributed by atoms with Crippen LogP contribution in [0.3, 0.4) is 0 Å². The van der Waals surface area contributed by atoms with Gasteiger partial charge in [-0.1, -0.05) is 6.92 Å². The largest absolute Gasteiger partial charge is 0.387 e. The second-order valence-corrected chi connectivity index (χ2v) is 4.16. The van der Waals surface area contributed by atoms with Crippen LogP contribution in [0.15, 0.2) is 0 Å². The lowest BCUT2D eigenvalue weighted by atomic mass is 10.6. The Balaban J connectivity index is 4.68. The van der Waals surface area contributed by atoms with Gasteiger partial charge in [0.15, 0.2) is 0 Å². The van der Waals surface area contributed by atoms with E-state index in [1.54, 1.807) is 0 Å². The number of nitrogens with two attached hydrogens (primary N) is 1. The number of nitrogens with one attached hydrogen (secondary N) is 1. The summed E-state index contributed by atoms with van der Waals surface area (Å²) in [5.74, 6) is -3.93. The molecule has 0 amide bonds. The van der Waals surface area contributed by atoms with Crippen LogP contribution in [0.1, 0.15) is 6.92 Å². The third kappa shape index (κ3) is 3.23. The molecule has 0 spiro atoms. The van der Waals surface area contributed by atoms with Crippen molar-refractivity contribution in [1.82, 2.24) is 4.31 Å². The van der Waals surface area contributed by atoms with E-state index in [-0.39, 0.29) is 6.54 Å². The number of amidine groups is 1. The fraction of sp³-hybridized carbons (Fsp3) is 0.800. The van der Waals surface area contributed by atoms with E-state index >= 15 is 0 Å². The Morgan fingerprint density at radius 2 is 2.08 bits per heavy atom. The standard InChI is InChI=1S/C5H11F2N3O2S/c1-2-10(3-4(8)9)13(11,12)5(6)7/h5H,2-3H2,1H3,(H3,8,9). The molecule has 0 aromatic rings. The van der Waals surface area contributed by atoms with Gasteiger partial charge >= 0.3 is 5.76 Å². The minimum Gasteiger partial charge on any atom is -0.387 e. The normalized spacial score (nSPS) is 12.4. The summed E-state index contributed by atoms with van der Waals surface area (Å²) in [6, 6.07) is 0. The number of rotatable bonds is 5. The van der Waals surface area contributed by atoms with Crippen molar-refractivity contribution in [3.8, 4) is 0 Å². The zero-order chi connectivity index (χ0) is 10.6. The molecule has 0 bridgehead atoms. The molecule has 13 heavy (non-hydrogen) atoms. The molecule has 8 heteroatoms. The third-order valence-corrected chi connectivity index (χ3v) is 2.84. The van der Waals surface area contributed by atoms with Crippen molar-refractivity contribution >= 4 is 15.9 Å². The van der Waals surface area contributed by atoms with Gasteiger partial charge in [0.1, 0.15) is 5.84 Å². The van der Waals surface area contributed by atoms with Crippen molar-refractivity contribution in [2.75, 3.05) is 13.1 Å². The maximum absolute atomic E-state index is 12.0. The molecular formula is C5H11F2N3O2S. The lowest BCUT2D eigenvalue weighted by molar-refractivity contribution is 0.222. The van der Waals surface area contributed by atoms with Gasteiger partial charge in [0.25, 0.3) is 10.0 Å². The Morgan fingerprint density at radius 3 is 2.31 bits per heavy atom. The average Bonchev–Trinajstić information content (AvgIpc) is 1.99. The summed E-state index contributed by atoms with van der Waals surface area (Å²) in [7, 11) is -4.60. The second-order valence-electron chi connectivity index (χ2n) is 2.26. The molecule has 0 saturated heterocycles. The van der Waals surface area contributed by atoms with Crippen LogP contribution in [0.25, 0.3) is 0 Å². The summed E-state index contributed by atoms with van der Waals surface area (Å²) < 4.78 is 46.0. The first-order valence-electron chi connectivity index (χ1n) is 3.42. The van der Waals surface area contributed by atoms with Gasteiger partial charge in [-0.2, -0.15) is 13.1 Å². The summed E-state index contributed by atoms with van der Waals surface area (Å²) in [6.07, 6.45) is 0. The van der Waals surface area contributed by atoms with E-state index in [4.69, 9.17) is 11.1 Å². The highest BCUT2D eigenvalue weighted by atomic mass is 32.2. The van der Waals surface area contributed by atoms with Gasteiger partial charge in [0, 0.05) is 6.54 Å². The number of hydrogen-bond donors (Lipinski definition) is 2. The fourth-order valence-corrected chi connectivity index (χ4v) is 1.59. The van der Waals surface area contributed by atoms with Gasteiger partial charge in [-0.25, -0.2) is 8.42 Å². The first kappa shape index (κ1) is 12.2. The van der Waals surface area contributed by atoms with Crippen molar-refractivity contribution in [1.29, 1.82) is 5.41 Å². The molecule has 0 aliphatic rings. The maximum Gasteiger partial charge on any atom is 0.350 e. The first-order chi connectivity index (χ1) is 5.82. The molecule has 5 nitrogen and oxygen atoms in total. The van der Waals surface area contributed by atoms with Crippen LogP contribution in [-0.2, 0) is 10.0 Å². The van der Waals surface area contributed by atoms with Crippen LogP contribution in [-0.4, -0.2) is 37.4 Å². The molecule has 78 valence electrons. The Labute approximate surface area is 75.1 Å². The first-order valence-corrected chi connectivity index (χ1v) is 4.92. The number of hydrogen-bond acceptors (Lipinski definition) is 3. The van der Waals surface area contributed by atoms with Crippen molar-refractivity contribution in [2.45, 2.75) is 12.7 Å². The fourth-order valence-electron chi connectivity index (χ4n) is 0.684. The summed E-state index contributed by atoms with van der Waals surface area (Å²) in [5, 5.41) is 6.78. The van der Waals surface area contributed by atoms with E-state index in [1.807, 2.05) is 0 Å². The molecule has 0 heterocycles. The average molecular weight is 215 g/mol. The predicted octanol–water partition coefficient (Wildman–Crippen LogP) is -0.203. The molecule has 0 saturated carbocycles. The highest BCUT2D eigenvalue weighted by Crippen LogP contribution is 2.10. The van der Waals surface area contributed by atoms with Gasteiger partial charge in [-0.3, -0.25) is 5.41 Å². The highest BCUT2D eigenvalue weighted by molar-refractivity contribution is 7.89. The zero-order valence-electron chi connectivity index (χ0n) is 7.00. The SMILES string of the molecule is CCN(CC(=N)N)S(=O)(=O)C(F)F. The summed E-state index contributed by atoms with van der Waals surface area (Å²) in [4.78, 5) is 0. The Hall–Kier alpha value is -0.760. The number of nitrogens with zero attached hydrogens (tertiary/aromatic N) is 1. The highest BCUT2D eigenvalue weighted by Gasteiger charge is 2.30. The number of sulfonamides is 1. The quantitative estimate of drug-likeness (QED) is 0.491. The van der Waals surface area contributed by atoms with Crippen molar-refractivity contribution in [2.24, 2.45) is 5.73 Å². The molecule has 0 aliphatic heterocycles. The van der Waals surface area contributed by atoms with E-state index in [2.05, 4.69) is 0 Å². The smallest absolute Gasteiger partial charge is 0.350 e.